The smallest absolute Gasteiger partial charge is 0.410 e. The molecule has 36 heavy (non-hydrogen) atoms. The molecule has 3 aliphatic rings. The van der Waals surface area contributed by atoms with Crippen LogP contribution in [0.25, 0.3) is 0 Å². The van der Waals surface area contributed by atoms with E-state index in [1.807, 2.05) is 62.1 Å². The lowest BCUT2D eigenvalue weighted by molar-refractivity contribution is -0.0347. The molecular formula is C30H39FN2O3. The van der Waals surface area contributed by atoms with Gasteiger partial charge in [0, 0.05) is 30.6 Å². The Morgan fingerprint density at radius 1 is 1.06 bits per heavy atom. The first-order valence-electron chi connectivity index (χ1n) is 13.4. The molecule has 5 nitrogen and oxygen atoms in total. The van der Waals surface area contributed by atoms with E-state index in [4.69, 9.17) is 9.47 Å². The lowest BCUT2D eigenvalue weighted by Gasteiger charge is -2.48. The van der Waals surface area contributed by atoms with Crippen LogP contribution in [0.2, 0.25) is 0 Å². The van der Waals surface area contributed by atoms with Gasteiger partial charge in [-0.2, -0.15) is 0 Å². The second-order valence-electron chi connectivity index (χ2n) is 12.0. The molecule has 0 bridgehead atoms. The van der Waals surface area contributed by atoms with Gasteiger partial charge in [0.15, 0.2) is 0 Å². The predicted molar refractivity (Wildman–Crippen MR) is 139 cm³/mol. The number of likely N-dealkylation sites (tertiary alicyclic amines) is 2. The lowest BCUT2D eigenvalue weighted by Crippen LogP contribution is -2.58. The van der Waals surface area contributed by atoms with E-state index in [0.29, 0.717) is 24.3 Å². The number of carbonyl (C=O) groups excluding carboxylic acids is 1. The summed E-state index contributed by atoms with van der Waals surface area (Å²) >= 11 is 0. The molecule has 2 heterocycles. The highest BCUT2D eigenvalue weighted by atomic mass is 19.1. The minimum Gasteiger partial charge on any atom is -0.489 e. The normalized spacial score (nSPS) is 22.4. The van der Waals surface area contributed by atoms with Crippen LogP contribution in [0.4, 0.5) is 9.18 Å². The predicted octanol–water partition coefficient (Wildman–Crippen LogP) is 6.37. The zero-order chi connectivity index (χ0) is 25.3. The first kappa shape index (κ1) is 25.1. The summed E-state index contributed by atoms with van der Waals surface area (Å²) in [5, 5.41) is 0. The van der Waals surface area contributed by atoms with Crippen molar-refractivity contribution in [1.82, 2.24) is 9.80 Å². The van der Waals surface area contributed by atoms with E-state index in [1.54, 1.807) is 12.1 Å². The topological polar surface area (TPSA) is 42.0 Å². The van der Waals surface area contributed by atoms with E-state index in [2.05, 4.69) is 4.90 Å². The van der Waals surface area contributed by atoms with E-state index < -0.39 is 5.60 Å². The first-order chi connectivity index (χ1) is 17.2. The van der Waals surface area contributed by atoms with Gasteiger partial charge in [-0.05, 0) is 89.1 Å². The van der Waals surface area contributed by atoms with Crippen molar-refractivity contribution in [1.29, 1.82) is 0 Å². The van der Waals surface area contributed by atoms with Crippen molar-refractivity contribution >= 4 is 6.09 Å². The van der Waals surface area contributed by atoms with Gasteiger partial charge in [0.1, 0.15) is 23.8 Å². The quantitative estimate of drug-likeness (QED) is 0.484. The van der Waals surface area contributed by atoms with Crippen LogP contribution in [-0.2, 0) is 11.3 Å². The summed E-state index contributed by atoms with van der Waals surface area (Å²) in [4.78, 5) is 16.9. The van der Waals surface area contributed by atoms with Crippen LogP contribution < -0.4 is 4.74 Å². The second kappa shape index (κ2) is 10.0. The lowest BCUT2D eigenvalue weighted by atomic mass is 9.78. The van der Waals surface area contributed by atoms with Gasteiger partial charge in [-0.25, -0.2) is 9.18 Å². The molecule has 0 unspecified atom stereocenters. The average Bonchev–Trinajstić information content (AvgIpc) is 3.28. The third-order valence-electron chi connectivity index (χ3n) is 8.08. The molecule has 1 amide bonds. The summed E-state index contributed by atoms with van der Waals surface area (Å²) in [6, 6.07) is 15.6. The Bertz CT molecular complexity index is 1050. The molecule has 1 spiro atoms. The Kier molecular flexibility index (Phi) is 6.99. The molecular weight excluding hydrogens is 455 g/mol. The fraction of sp³-hybridized carbons (Fsp3) is 0.567. The van der Waals surface area contributed by atoms with E-state index in [9.17, 15) is 9.18 Å². The molecule has 2 saturated heterocycles. The molecule has 1 saturated carbocycles. The number of amides is 1. The summed E-state index contributed by atoms with van der Waals surface area (Å²) < 4.78 is 25.7. The van der Waals surface area contributed by atoms with Crippen LogP contribution >= 0.6 is 0 Å². The Morgan fingerprint density at radius 2 is 1.78 bits per heavy atom. The Balaban J connectivity index is 1.13. The molecule has 3 fully saturated rings. The van der Waals surface area contributed by atoms with Gasteiger partial charge in [-0.15, -0.1) is 0 Å². The number of rotatable bonds is 5. The molecule has 194 valence electrons. The number of benzene rings is 2. The zero-order valence-electron chi connectivity index (χ0n) is 21.8. The monoisotopic (exact) mass is 494 g/mol. The van der Waals surface area contributed by atoms with Crippen molar-refractivity contribution in [2.75, 3.05) is 26.2 Å². The molecule has 2 aliphatic heterocycles. The molecule has 0 radical (unpaired) electrons. The van der Waals surface area contributed by atoms with Gasteiger partial charge in [-0.1, -0.05) is 36.4 Å². The highest BCUT2D eigenvalue weighted by Crippen LogP contribution is 2.48. The van der Waals surface area contributed by atoms with Crippen LogP contribution in [-0.4, -0.2) is 53.7 Å². The zero-order valence-corrected chi connectivity index (χ0v) is 21.8. The van der Waals surface area contributed by atoms with Crippen LogP contribution in [0.3, 0.4) is 0 Å². The first-order valence-corrected chi connectivity index (χ1v) is 13.4. The molecule has 2 aromatic rings. The summed E-state index contributed by atoms with van der Waals surface area (Å²) in [7, 11) is 0. The van der Waals surface area contributed by atoms with Crippen LogP contribution in [0.5, 0.6) is 5.75 Å². The van der Waals surface area contributed by atoms with Crippen LogP contribution in [0, 0.1) is 11.2 Å². The second-order valence-corrected chi connectivity index (χ2v) is 12.0. The summed E-state index contributed by atoms with van der Waals surface area (Å²) in [6.07, 6.45) is 5.49. The molecule has 5 rings (SSSR count). The molecule has 6 heteroatoms. The minimum atomic E-state index is -0.445. The number of hydrogen-bond donors (Lipinski definition) is 0. The van der Waals surface area contributed by atoms with Gasteiger partial charge >= 0.3 is 6.09 Å². The molecule has 2 aromatic carbocycles. The maximum Gasteiger partial charge on any atom is 0.410 e. The standard InChI is InChI=1S/C30H39FN2O3/c1-29(2,3)36-28(34)33-20-30(21-33)14-11-25(18-30)32-15-12-23(13-16-32)26-10-9-24(31)17-27(26)35-19-22-7-5-4-6-8-22/h4-10,17,23,25H,11-16,18-21H2,1-3H3/t25-/m1/s1. The van der Waals surface area contributed by atoms with Crippen molar-refractivity contribution < 1.29 is 18.7 Å². The Hall–Kier alpha value is -2.60. The van der Waals surface area contributed by atoms with E-state index in [0.717, 1.165) is 50.1 Å². The number of carbonyl (C=O) groups is 1. The van der Waals surface area contributed by atoms with E-state index in [1.165, 1.54) is 19.3 Å². The van der Waals surface area contributed by atoms with Gasteiger partial charge in [-0.3, -0.25) is 0 Å². The minimum absolute atomic E-state index is 0.179. The maximum atomic E-state index is 14.1. The number of ether oxygens (including phenoxy) is 2. The third kappa shape index (κ3) is 5.69. The fourth-order valence-corrected chi connectivity index (χ4v) is 6.28. The number of nitrogens with zero attached hydrogens (tertiary/aromatic N) is 2. The van der Waals surface area contributed by atoms with Gasteiger partial charge in [0.25, 0.3) is 0 Å². The van der Waals surface area contributed by atoms with E-state index in [-0.39, 0.29) is 17.3 Å². The van der Waals surface area contributed by atoms with Crippen molar-refractivity contribution in [3.8, 4) is 5.75 Å². The fourth-order valence-electron chi connectivity index (χ4n) is 6.28. The number of hydrogen-bond acceptors (Lipinski definition) is 4. The summed E-state index contributed by atoms with van der Waals surface area (Å²) in [5.74, 6) is 0.805. The van der Waals surface area contributed by atoms with Gasteiger partial charge in [0.2, 0.25) is 0 Å². The largest absolute Gasteiger partial charge is 0.489 e. The van der Waals surface area contributed by atoms with Gasteiger partial charge in [0.05, 0.1) is 0 Å². The van der Waals surface area contributed by atoms with Crippen molar-refractivity contribution in [3.63, 3.8) is 0 Å². The molecule has 1 aliphatic carbocycles. The Morgan fingerprint density at radius 3 is 2.47 bits per heavy atom. The highest BCUT2D eigenvalue weighted by Gasteiger charge is 2.51. The van der Waals surface area contributed by atoms with Crippen LogP contribution in [0.1, 0.15) is 69.9 Å². The molecule has 0 N–H and O–H groups in total. The average molecular weight is 495 g/mol. The number of halogens is 1. The highest BCUT2D eigenvalue weighted by molar-refractivity contribution is 5.69. The summed E-state index contributed by atoms with van der Waals surface area (Å²) in [6.45, 7) is 9.95. The summed E-state index contributed by atoms with van der Waals surface area (Å²) in [5.41, 5.74) is 2.04. The number of piperidine rings is 1. The third-order valence-corrected chi connectivity index (χ3v) is 8.08. The van der Waals surface area contributed by atoms with Crippen LogP contribution in [0.15, 0.2) is 48.5 Å². The van der Waals surface area contributed by atoms with Crippen molar-refractivity contribution in [3.05, 3.63) is 65.5 Å². The maximum absolute atomic E-state index is 14.1. The molecule has 1 atom stereocenters. The molecule has 0 aromatic heterocycles. The van der Waals surface area contributed by atoms with Crippen molar-refractivity contribution in [2.24, 2.45) is 5.41 Å². The SMILES string of the molecule is CC(C)(C)OC(=O)N1CC2(CC[C@@H](N3CCC(c4ccc(F)cc4OCc4ccccc4)CC3)C2)C1. The van der Waals surface area contributed by atoms with Gasteiger partial charge < -0.3 is 19.3 Å². The van der Waals surface area contributed by atoms with E-state index >= 15 is 0 Å². The van der Waals surface area contributed by atoms with Crippen molar-refractivity contribution in [2.45, 2.75) is 77.0 Å². The Labute approximate surface area is 214 Å².